The monoisotopic (exact) mass is 633 g/mol. The normalized spacial score (nSPS) is 13.8. The summed E-state index contributed by atoms with van der Waals surface area (Å²) >= 11 is 0. The fourth-order valence-corrected chi connectivity index (χ4v) is 6.78. The van der Waals surface area contributed by atoms with Crippen LogP contribution < -0.4 is 14.5 Å². The molecule has 1 fully saturated rings. The first-order valence-corrected chi connectivity index (χ1v) is 16.5. The molecular weight excluding hydrogens is 594 g/mol. The van der Waals surface area contributed by atoms with E-state index in [1.165, 1.54) is 5.39 Å². The highest BCUT2D eigenvalue weighted by molar-refractivity contribution is 6.09. The van der Waals surface area contributed by atoms with Crippen molar-refractivity contribution in [1.29, 1.82) is 0 Å². The van der Waals surface area contributed by atoms with Gasteiger partial charge in [0.25, 0.3) is 0 Å². The van der Waals surface area contributed by atoms with Gasteiger partial charge in [-0.25, -0.2) is 9.67 Å². The Hall–Kier alpha value is -5.60. The summed E-state index contributed by atoms with van der Waals surface area (Å²) in [4.78, 5) is 11.7. The smallest absolute Gasteiger partial charge is 0.160 e. The summed E-state index contributed by atoms with van der Waals surface area (Å²) in [6.45, 7) is 5.94. The zero-order chi connectivity index (χ0) is 32.8. The number of aryl methyl sites for hydroxylation is 1. The van der Waals surface area contributed by atoms with Crippen molar-refractivity contribution in [1.82, 2.24) is 24.2 Å². The summed E-state index contributed by atoms with van der Waals surface area (Å²) in [7, 11) is 6.31. The molecule has 240 valence electrons. The number of rotatable bonds is 7. The van der Waals surface area contributed by atoms with Gasteiger partial charge in [0.2, 0.25) is 0 Å². The molecule has 0 N–H and O–H groups in total. The van der Waals surface area contributed by atoms with Gasteiger partial charge in [-0.15, -0.1) is 5.10 Å². The lowest BCUT2D eigenvalue weighted by atomic mass is 10.1. The number of nitrogens with zero attached hydrogens (tertiary/aromatic N) is 7. The predicted molar refractivity (Wildman–Crippen MR) is 196 cm³/mol. The number of para-hydroxylation sites is 1. The van der Waals surface area contributed by atoms with Crippen LogP contribution in [0.3, 0.4) is 0 Å². The molecule has 0 radical (unpaired) electrons. The molecule has 0 amide bonds. The third-order valence-electron chi connectivity index (χ3n) is 9.20. The number of likely N-dealkylation sites (N-methyl/N-ethyl adjacent to an activating group) is 1. The number of pyridine rings is 1. The molecule has 4 aromatic carbocycles. The van der Waals surface area contributed by atoms with E-state index in [4.69, 9.17) is 14.8 Å². The second kappa shape index (κ2) is 12.2. The quantitative estimate of drug-likeness (QED) is 0.178. The van der Waals surface area contributed by atoms with Crippen molar-refractivity contribution in [2.45, 2.75) is 6.92 Å². The fraction of sp³-hybridized carbons (Fsp3) is 0.200. The van der Waals surface area contributed by atoms with Crippen LogP contribution in [0.5, 0.6) is 11.5 Å². The average molecular weight is 634 g/mol. The molecular formula is C40H39N7O. The van der Waals surface area contributed by atoms with Crippen molar-refractivity contribution < 1.29 is 4.74 Å². The van der Waals surface area contributed by atoms with E-state index in [1.54, 1.807) is 0 Å². The van der Waals surface area contributed by atoms with Gasteiger partial charge in [0, 0.05) is 69.4 Å². The molecule has 8 nitrogen and oxygen atoms in total. The molecule has 3 aromatic heterocycles. The van der Waals surface area contributed by atoms with Gasteiger partial charge in [-0.3, -0.25) is 4.57 Å². The minimum Gasteiger partial charge on any atom is -0.457 e. The van der Waals surface area contributed by atoms with Crippen molar-refractivity contribution >= 4 is 33.4 Å². The maximum Gasteiger partial charge on any atom is 0.160 e. The van der Waals surface area contributed by atoms with Gasteiger partial charge >= 0.3 is 0 Å². The highest BCUT2D eigenvalue weighted by atomic mass is 16.5. The molecule has 1 saturated heterocycles. The Morgan fingerprint density at radius 3 is 2.25 bits per heavy atom. The zero-order valence-corrected chi connectivity index (χ0v) is 27.8. The number of aromatic nitrogens is 4. The molecule has 0 atom stereocenters. The molecule has 7 aromatic rings. The predicted octanol–water partition coefficient (Wildman–Crippen LogP) is 7.95. The van der Waals surface area contributed by atoms with Gasteiger partial charge in [-0.1, -0.05) is 54.6 Å². The van der Waals surface area contributed by atoms with Gasteiger partial charge in [-0.2, -0.15) is 0 Å². The Kier molecular flexibility index (Phi) is 7.57. The van der Waals surface area contributed by atoms with Gasteiger partial charge in [0.05, 0.1) is 22.3 Å². The molecule has 0 unspecified atom stereocenters. The molecule has 1 aliphatic rings. The van der Waals surface area contributed by atoms with Gasteiger partial charge < -0.3 is 19.4 Å². The van der Waals surface area contributed by atoms with Crippen LogP contribution in [0.2, 0.25) is 0 Å². The number of fused-ring (bicyclic) bond motifs is 3. The van der Waals surface area contributed by atoms with Gasteiger partial charge in [0.15, 0.2) is 5.82 Å². The molecule has 0 saturated carbocycles. The molecule has 48 heavy (non-hydrogen) atoms. The Balaban J connectivity index is 1.22. The third-order valence-corrected chi connectivity index (χ3v) is 9.20. The van der Waals surface area contributed by atoms with Crippen molar-refractivity contribution in [3.63, 3.8) is 0 Å². The Morgan fingerprint density at radius 1 is 0.708 bits per heavy atom. The lowest BCUT2D eigenvalue weighted by Crippen LogP contribution is -2.45. The number of benzene rings is 4. The van der Waals surface area contributed by atoms with Crippen LogP contribution in [0.4, 0.5) is 11.6 Å². The van der Waals surface area contributed by atoms with Crippen molar-refractivity contribution in [3.8, 4) is 34.1 Å². The van der Waals surface area contributed by atoms with E-state index in [2.05, 4.69) is 143 Å². The lowest BCUT2D eigenvalue weighted by molar-refractivity contribution is 0.311. The van der Waals surface area contributed by atoms with Crippen LogP contribution >= 0.6 is 0 Å². The maximum absolute atomic E-state index is 6.62. The molecule has 8 rings (SSSR count). The summed E-state index contributed by atoms with van der Waals surface area (Å²) in [6, 6.07) is 37.8. The molecule has 0 spiro atoms. The van der Waals surface area contributed by atoms with E-state index in [0.29, 0.717) is 0 Å². The Bertz CT molecular complexity index is 2240. The molecule has 0 bridgehead atoms. The second-order valence-corrected chi connectivity index (χ2v) is 12.8. The van der Waals surface area contributed by atoms with Gasteiger partial charge in [-0.05, 0) is 67.6 Å². The number of hydrogen-bond acceptors (Lipinski definition) is 6. The minimum absolute atomic E-state index is 0.746. The highest BCUT2D eigenvalue weighted by Gasteiger charge is 2.28. The largest absolute Gasteiger partial charge is 0.457 e. The van der Waals surface area contributed by atoms with E-state index >= 15 is 0 Å². The first-order chi connectivity index (χ1) is 23.4. The molecule has 4 heterocycles. The lowest BCUT2D eigenvalue weighted by Gasteiger charge is -2.34. The number of hydrogen-bond donors (Lipinski definition) is 0. The van der Waals surface area contributed by atoms with Crippen LogP contribution in [0.15, 0.2) is 115 Å². The van der Waals surface area contributed by atoms with Crippen molar-refractivity contribution in [2.24, 2.45) is 0 Å². The van der Waals surface area contributed by atoms with Crippen molar-refractivity contribution in [3.05, 3.63) is 121 Å². The summed E-state index contributed by atoms with van der Waals surface area (Å²) in [6.07, 6.45) is 1.87. The van der Waals surface area contributed by atoms with Crippen LogP contribution in [0.1, 0.15) is 5.56 Å². The standard InChI is InChI=1S/C40H39N7O/c1-28-19-20-41-37(25-28)46-35-16-9-8-15-33(35)34-18-17-32(27-36(34)46)48-31-14-10-13-30(26-31)47-40(45-23-21-44(4)22-24-45)38(39(42-47)43(2)3)29-11-6-5-7-12-29/h5-20,25-27H,21-24H2,1-4H3. The number of ether oxygens (including phenoxy) is 1. The van der Waals surface area contributed by atoms with E-state index in [0.717, 1.165) is 93.9 Å². The Labute approximate surface area is 281 Å². The van der Waals surface area contributed by atoms with Crippen LogP contribution in [-0.2, 0) is 0 Å². The SMILES string of the molecule is Cc1ccnc(-n2c3ccccc3c3ccc(Oc4cccc(-n5nc(N(C)C)c(-c6ccccc6)c5N5CCN(C)CC5)c4)cc32)c1. The second-order valence-electron chi connectivity index (χ2n) is 12.8. The molecule has 1 aliphatic heterocycles. The summed E-state index contributed by atoms with van der Waals surface area (Å²) < 4.78 is 10.9. The highest BCUT2D eigenvalue weighted by Crippen LogP contribution is 2.41. The summed E-state index contributed by atoms with van der Waals surface area (Å²) in [5.41, 5.74) is 6.57. The first kappa shape index (κ1) is 29.8. The third kappa shape index (κ3) is 5.34. The van der Waals surface area contributed by atoms with Gasteiger partial charge in [0.1, 0.15) is 23.1 Å². The van der Waals surface area contributed by atoms with E-state index in [-0.39, 0.29) is 0 Å². The summed E-state index contributed by atoms with van der Waals surface area (Å²) in [5.74, 6) is 4.43. The first-order valence-electron chi connectivity index (χ1n) is 16.5. The topological polar surface area (TPSA) is 54.6 Å². The summed E-state index contributed by atoms with van der Waals surface area (Å²) in [5, 5.41) is 7.58. The Morgan fingerprint density at radius 2 is 1.46 bits per heavy atom. The van der Waals surface area contributed by atoms with E-state index in [9.17, 15) is 0 Å². The minimum atomic E-state index is 0.746. The van der Waals surface area contributed by atoms with E-state index in [1.807, 2.05) is 24.4 Å². The average Bonchev–Trinajstić information content (AvgIpc) is 3.66. The fourth-order valence-electron chi connectivity index (χ4n) is 6.78. The van der Waals surface area contributed by atoms with E-state index < -0.39 is 0 Å². The van der Waals surface area contributed by atoms with Crippen LogP contribution in [0, 0.1) is 6.92 Å². The molecule has 0 aliphatic carbocycles. The zero-order valence-electron chi connectivity index (χ0n) is 27.8. The number of piperazine rings is 1. The number of anilines is 2. The van der Waals surface area contributed by atoms with Crippen molar-refractivity contribution in [2.75, 3.05) is 57.1 Å². The van der Waals surface area contributed by atoms with Crippen LogP contribution in [0.25, 0.3) is 44.4 Å². The molecule has 8 heteroatoms. The maximum atomic E-state index is 6.62. The van der Waals surface area contributed by atoms with Crippen LogP contribution in [-0.4, -0.2) is 71.6 Å².